The van der Waals surface area contributed by atoms with Crippen LogP contribution in [-0.4, -0.2) is 18.3 Å². The standard InChI is InChI=1S/C19H19BrN2O2/c20-13-5-6-16-15(10-13)14(3-1-2-8-21)19(22-16)12-4-7-17-18(9-12)24-11-23-17/h4-7,9-10,22H,1-3,8,11,21H2. The molecule has 124 valence electrons. The lowest BCUT2D eigenvalue weighted by Gasteiger charge is -2.06. The first-order valence-electron chi connectivity index (χ1n) is 8.16. The Morgan fingerprint density at radius 3 is 2.79 bits per heavy atom. The molecule has 0 saturated heterocycles. The average molecular weight is 387 g/mol. The Kier molecular flexibility index (Phi) is 4.21. The van der Waals surface area contributed by atoms with Gasteiger partial charge in [0.15, 0.2) is 11.5 Å². The zero-order valence-corrected chi connectivity index (χ0v) is 14.9. The fourth-order valence-electron chi connectivity index (χ4n) is 3.22. The minimum absolute atomic E-state index is 0.293. The van der Waals surface area contributed by atoms with Crippen LogP contribution < -0.4 is 15.2 Å². The molecule has 1 aromatic heterocycles. The quantitative estimate of drug-likeness (QED) is 0.629. The van der Waals surface area contributed by atoms with Crippen LogP contribution >= 0.6 is 15.9 Å². The van der Waals surface area contributed by atoms with Crippen LogP contribution in [0, 0.1) is 0 Å². The summed E-state index contributed by atoms with van der Waals surface area (Å²) in [6, 6.07) is 12.5. The summed E-state index contributed by atoms with van der Waals surface area (Å²) in [6.45, 7) is 1.02. The van der Waals surface area contributed by atoms with E-state index < -0.39 is 0 Å². The molecule has 1 aliphatic rings. The van der Waals surface area contributed by atoms with Crippen molar-refractivity contribution in [3.05, 3.63) is 46.4 Å². The number of halogens is 1. The first-order chi connectivity index (χ1) is 11.8. The third-order valence-electron chi connectivity index (χ3n) is 4.41. The van der Waals surface area contributed by atoms with Gasteiger partial charge in [0.05, 0.1) is 0 Å². The van der Waals surface area contributed by atoms with Crippen LogP contribution in [0.25, 0.3) is 22.2 Å². The highest BCUT2D eigenvalue weighted by Crippen LogP contribution is 2.39. The van der Waals surface area contributed by atoms with E-state index in [2.05, 4.69) is 51.2 Å². The zero-order chi connectivity index (χ0) is 16.5. The molecule has 0 spiro atoms. The Morgan fingerprint density at radius 2 is 1.92 bits per heavy atom. The number of benzene rings is 2. The number of fused-ring (bicyclic) bond motifs is 2. The average Bonchev–Trinajstić information content (AvgIpc) is 3.19. The highest BCUT2D eigenvalue weighted by atomic mass is 79.9. The lowest BCUT2D eigenvalue weighted by atomic mass is 10.00. The number of hydrogen-bond acceptors (Lipinski definition) is 3. The van der Waals surface area contributed by atoms with Gasteiger partial charge in [-0.3, -0.25) is 0 Å². The maximum absolute atomic E-state index is 5.67. The maximum atomic E-state index is 5.67. The topological polar surface area (TPSA) is 60.3 Å². The first-order valence-corrected chi connectivity index (χ1v) is 8.96. The van der Waals surface area contributed by atoms with Crippen molar-refractivity contribution in [2.45, 2.75) is 19.3 Å². The van der Waals surface area contributed by atoms with Gasteiger partial charge in [-0.2, -0.15) is 0 Å². The molecule has 3 aromatic rings. The van der Waals surface area contributed by atoms with E-state index in [4.69, 9.17) is 15.2 Å². The number of hydrogen-bond donors (Lipinski definition) is 2. The van der Waals surface area contributed by atoms with Gasteiger partial charge in [0.1, 0.15) is 0 Å². The van der Waals surface area contributed by atoms with Gasteiger partial charge in [-0.15, -0.1) is 0 Å². The van der Waals surface area contributed by atoms with Crippen LogP contribution in [0.15, 0.2) is 40.9 Å². The highest BCUT2D eigenvalue weighted by Gasteiger charge is 2.18. The molecule has 4 rings (SSSR count). The Bertz CT molecular complexity index is 888. The van der Waals surface area contributed by atoms with Gasteiger partial charge in [-0.05, 0) is 67.8 Å². The van der Waals surface area contributed by atoms with Crippen LogP contribution in [0.4, 0.5) is 0 Å². The van der Waals surface area contributed by atoms with Gasteiger partial charge >= 0.3 is 0 Å². The van der Waals surface area contributed by atoms with Crippen molar-refractivity contribution in [2.24, 2.45) is 5.73 Å². The minimum atomic E-state index is 0.293. The monoisotopic (exact) mass is 386 g/mol. The van der Waals surface area contributed by atoms with Gasteiger partial charge in [0.2, 0.25) is 6.79 Å². The van der Waals surface area contributed by atoms with Crippen molar-refractivity contribution < 1.29 is 9.47 Å². The molecule has 0 unspecified atom stereocenters. The van der Waals surface area contributed by atoms with Crippen LogP contribution in [0.2, 0.25) is 0 Å². The predicted octanol–water partition coefficient (Wildman–Crippen LogP) is 4.61. The number of ether oxygens (including phenoxy) is 2. The van der Waals surface area contributed by atoms with E-state index in [0.717, 1.165) is 58.6 Å². The van der Waals surface area contributed by atoms with Gasteiger partial charge in [-0.25, -0.2) is 0 Å². The predicted molar refractivity (Wildman–Crippen MR) is 99.6 cm³/mol. The molecule has 1 aliphatic heterocycles. The Morgan fingerprint density at radius 1 is 1.04 bits per heavy atom. The summed E-state index contributed by atoms with van der Waals surface area (Å²) in [5, 5.41) is 1.26. The SMILES string of the molecule is NCCCCc1c(-c2ccc3c(c2)OCO3)[nH]c2ccc(Br)cc12. The Labute approximate surface area is 149 Å². The number of nitrogens with one attached hydrogen (secondary N) is 1. The molecule has 0 saturated carbocycles. The van der Waals surface area contributed by atoms with E-state index in [0.29, 0.717) is 6.79 Å². The normalized spacial score (nSPS) is 12.9. The van der Waals surface area contributed by atoms with Gasteiger partial charge < -0.3 is 20.2 Å². The maximum Gasteiger partial charge on any atom is 0.231 e. The summed E-state index contributed by atoms with van der Waals surface area (Å²) in [7, 11) is 0. The summed E-state index contributed by atoms with van der Waals surface area (Å²) in [6.07, 6.45) is 3.10. The van der Waals surface area contributed by atoms with E-state index in [1.807, 2.05) is 6.07 Å². The van der Waals surface area contributed by atoms with Gasteiger partial charge in [0.25, 0.3) is 0 Å². The Balaban J connectivity index is 1.82. The number of aryl methyl sites for hydroxylation is 1. The fourth-order valence-corrected chi connectivity index (χ4v) is 3.59. The fraction of sp³-hybridized carbons (Fsp3) is 0.263. The summed E-state index contributed by atoms with van der Waals surface area (Å²) < 4.78 is 12.0. The molecule has 4 nitrogen and oxygen atoms in total. The second kappa shape index (κ2) is 6.49. The third-order valence-corrected chi connectivity index (χ3v) is 4.90. The summed E-state index contributed by atoms with van der Waals surface area (Å²) in [5.41, 5.74) is 10.4. The smallest absolute Gasteiger partial charge is 0.231 e. The number of rotatable bonds is 5. The summed E-state index contributed by atoms with van der Waals surface area (Å²) in [4.78, 5) is 3.58. The molecule has 0 aliphatic carbocycles. The number of aromatic amines is 1. The molecular weight excluding hydrogens is 368 g/mol. The highest BCUT2D eigenvalue weighted by molar-refractivity contribution is 9.10. The Hall–Kier alpha value is -1.98. The van der Waals surface area contributed by atoms with Crippen molar-refractivity contribution in [1.29, 1.82) is 0 Å². The van der Waals surface area contributed by atoms with Crippen molar-refractivity contribution >= 4 is 26.8 Å². The van der Waals surface area contributed by atoms with Crippen LogP contribution in [0.3, 0.4) is 0 Å². The largest absolute Gasteiger partial charge is 0.454 e. The van der Waals surface area contributed by atoms with Crippen molar-refractivity contribution in [3.63, 3.8) is 0 Å². The van der Waals surface area contributed by atoms with Crippen LogP contribution in [-0.2, 0) is 6.42 Å². The zero-order valence-electron chi connectivity index (χ0n) is 13.3. The van der Waals surface area contributed by atoms with E-state index in [1.54, 1.807) is 0 Å². The van der Waals surface area contributed by atoms with Gasteiger partial charge in [0, 0.05) is 26.6 Å². The second-order valence-corrected chi connectivity index (χ2v) is 6.90. The van der Waals surface area contributed by atoms with Crippen molar-refractivity contribution in [3.8, 4) is 22.8 Å². The summed E-state index contributed by atoms with van der Waals surface area (Å²) in [5.74, 6) is 1.61. The van der Waals surface area contributed by atoms with Crippen molar-refractivity contribution in [1.82, 2.24) is 4.98 Å². The van der Waals surface area contributed by atoms with E-state index in [1.165, 1.54) is 10.9 Å². The molecule has 0 fully saturated rings. The minimum Gasteiger partial charge on any atom is -0.454 e. The van der Waals surface area contributed by atoms with E-state index in [9.17, 15) is 0 Å². The van der Waals surface area contributed by atoms with E-state index in [-0.39, 0.29) is 0 Å². The lowest BCUT2D eigenvalue weighted by molar-refractivity contribution is 0.174. The first kappa shape index (κ1) is 15.5. The molecule has 2 heterocycles. The lowest BCUT2D eigenvalue weighted by Crippen LogP contribution is -1.99. The summed E-state index contributed by atoms with van der Waals surface area (Å²) >= 11 is 3.58. The third kappa shape index (κ3) is 2.78. The van der Waals surface area contributed by atoms with Crippen LogP contribution in [0.1, 0.15) is 18.4 Å². The van der Waals surface area contributed by atoms with Crippen LogP contribution in [0.5, 0.6) is 11.5 Å². The molecule has 0 atom stereocenters. The molecule has 5 heteroatoms. The van der Waals surface area contributed by atoms with E-state index >= 15 is 0 Å². The second-order valence-electron chi connectivity index (χ2n) is 5.98. The molecule has 0 radical (unpaired) electrons. The van der Waals surface area contributed by atoms with Crippen molar-refractivity contribution in [2.75, 3.05) is 13.3 Å². The molecule has 24 heavy (non-hydrogen) atoms. The molecule has 2 aromatic carbocycles. The number of unbranched alkanes of at least 4 members (excludes halogenated alkanes) is 1. The molecular formula is C19H19BrN2O2. The number of aromatic nitrogens is 1. The molecule has 3 N–H and O–H groups in total. The number of nitrogens with two attached hydrogens (primary N) is 1. The number of H-pyrrole nitrogens is 1. The van der Waals surface area contributed by atoms with Gasteiger partial charge in [-0.1, -0.05) is 15.9 Å². The molecule has 0 amide bonds. The molecule has 0 bridgehead atoms.